The summed E-state index contributed by atoms with van der Waals surface area (Å²) in [6.07, 6.45) is 6.65. The average Bonchev–Trinajstić information content (AvgIpc) is 2.68. The zero-order valence-electron chi connectivity index (χ0n) is 14.2. The quantitative estimate of drug-likeness (QED) is 0.831. The van der Waals surface area contributed by atoms with Gasteiger partial charge in [0.25, 0.3) is 0 Å². The Labute approximate surface area is 147 Å². The Morgan fingerprint density at radius 2 is 2.00 bits per heavy atom. The third-order valence-corrected chi connectivity index (χ3v) is 4.57. The molecule has 1 amide bonds. The van der Waals surface area contributed by atoms with Crippen molar-refractivity contribution in [2.24, 2.45) is 5.92 Å². The van der Waals surface area contributed by atoms with E-state index in [0.29, 0.717) is 6.42 Å². The van der Waals surface area contributed by atoms with Gasteiger partial charge in [0, 0.05) is 44.4 Å². The van der Waals surface area contributed by atoms with Crippen LogP contribution in [0, 0.1) is 5.92 Å². The summed E-state index contributed by atoms with van der Waals surface area (Å²) < 4.78 is 0. The fourth-order valence-electron chi connectivity index (χ4n) is 3.15. The summed E-state index contributed by atoms with van der Waals surface area (Å²) in [5.74, 6) is 0.891. The van der Waals surface area contributed by atoms with E-state index in [1.807, 2.05) is 30.3 Å². The predicted molar refractivity (Wildman–Crippen MR) is 96.1 cm³/mol. The Hall–Kier alpha value is -2.47. The molecule has 1 saturated heterocycles. The highest BCUT2D eigenvalue weighted by atomic mass is 16.3. The number of aromatic nitrogens is 2. The maximum Gasteiger partial charge on any atom is 0.223 e. The number of carbonyl (C=O) groups is 1. The molecule has 0 saturated carbocycles. The number of nitrogens with one attached hydrogen (secondary N) is 1. The van der Waals surface area contributed by atoms with Gasteiger partial charge < -0.3 is 15.3 Å². The number of anilines is 1. The molecular formula is C19H24N4O2. The van der Waals surface area contributed by atoms with E-state index in [2.05, 4.69) is 20.2 Å². The van der Waals surface area contributed by atoms with Crippen LogP contribution in [-0.4, -0.2) is 46.7 Å². The molecule has 0 aliphatic carbocycles. The van der Waals surface area contributed by atoms with Crippen molar-refractivity contribution in [2.45, 2.75) is 25.4 Å². The first kappa shape index (κ1) is 17.4. The molecular weight excluding hydrogens is 316 g/mol. The van der Waals surface area contributed by atoms with Crippen LogP contribution in [0.3, 0.4) is 0 Å². The number of hydrogen-bond acceptors (Lipinski definition) is 5. The Morgan fingerprint density at radius 1 is 1.24 bits per heavy atom. The minimum Gasteiger partial charge on any atom is -0.391 e. The van der Waals surface area contributed by atoms with Gasteiger partial charge in [0.05, 0.1) is 12.3 Å². The van der Waals surface area contributed by atoms with Crippen LogP contribution in [-0.2, 0) is 11.2 Å². The van der Waals surface area contributed by atoms with Gasteiger partial charge in [0.15, 0.2) is 0 Å². The van der Waals surface area contributed by atoms with Crippen LogP contribution >= 0.6 is 0 Å². The number of nitrogens with zero attached hydrogens (tertiary/aromatic N) is 3. The topological polar surface area (TPSA) is 78.4 Å². The molecule has 1 aliphatic heterocycles. The Morgan fingerprint density at radius 3 is 2.68 bits per heavy atom. The molecule has 6 nitrogen and oxygen atoms in total. The highest BCUT2D eigenvalue weighted by Crippen LogP contribution is 2.21. The Balaban J connectivity index is 1.40. The van der Waals surface area contributed by atoms with Crippen molar-refractivity contribution in [3.8, 4) is 0 Å². The molecule has 2 heterocycles. The third-order valence-electron chi connectivity index (χ3n) is 4.57. The lowest BCUT2D eigenvalue weighted by Gasteiger charge is -2.32. The minimum absolute atomic E-state index is 0.00292. The molecule has 0 bridgehead atoms. The summed E-state index contributed by atoms with van der Waals surface area (Å²) in [7, 11) is 0. The molecule has 6 heteroatoms. The van der Waals surface area contributed by atoms with Crippen LogP contribution in [0.4, 0.5) is 5.82 Å². The number of hydrogen-bond donors (Lipinski definition) is 2. The summed E-state index contributed by atoms with van der Waals surface area (Å²) in [6, 6.07) is 9.81. The fourth-order valence-corrected chi connectivity index (χ4v) is 3.15. The molecule has 1 aromatic carbocycles. The van der Waals surface area contributed by atoms with Gasteiger partial charge in [0.2, 0.25) is 5.91 Å². The number of rotatable bonds is 6. The second-order valence-electron chi connectivity index (χ2n) is 6.41. The predicted octanol–water partition coefficient (Wildman–Crippen LogP) is 1.41. The summed E-state index contributed by atoms with van der Waals surface area (Å²) in [6.45, 7) is 1.88. The van der Waals surface area contributed by atoms with Crippen LogP contribution in [0.1, 0.15) is 18.4 Å². The summed E-state index contributed by atoms with van der Waals surface area (Å²) >= 11 is 0. The SMILES string of the molecule is O=C(NC[C@H](O)Cc1ccccc1)C1CCN(c2cnccn2)CC1. The lowest BCUT2D eigenvalue weighted by Crippen LogP contribution is -2.43. The van der Waals surface area contributed by atoms with Crippen molar-refractivity contribution in [3.05, 3.63) is 54.5 Å². The monoisotopic (exact) mass is 340 g/mol. The van der Waals surface area contributed by atoms with Crippen LogP contribution in [0.2, 0.25) is 0 Å². The third kappa shape index (κ3) is 5.00. The zero-order valence-corrected chi connectivity index (χ0v) is 14.2. The summed E-state index contributed by atoms with van der Waals surface area (Å²) in [5, 5.41) is 13.0. The number of amides is 1. The van der Waals surface area contributed by atoms with Crippen molar-refractivity contribution in [3.63, 3.8) is 0 Å². The van der Waals surface area contributed by atoms with E-state index in [0.717, 1.165) is 37.3 Å². The molecule has 1 aliphatic rings. The highest BCUT2D eigenvalue weighted by molar-refractivity contribution is 5.79. The number of piperidine rings is 1. The van der Waals surface area contributed by atoms with Gasteiger partial charge in [-0.3, -0.25) is 9.78 Å². The molecule has 0 radical (unpaired) electrons. The standard InChI is InChI=1S/C19H24N4O2/c24-17(12-15-4-2-1-3-5-15)13-22-19(25)16-6-10-23(11-7-16)18-14-20-8-9-21-18/h1-5,8-9,14,16-17,24H,6-7,10-13H2,(H,22,25)/t17-/m1/s1. The van der Waals surface area contributed by atoms with Gasteiger partial charge in [0.1, 0.15) is 5.82 Å². The van der Waals surface area contributed by atoms with Gasteiger partial charge in [-0.15, -0.1) is 0 Å². The largest absolute Gasteiger partial charge is 0.391 e. The van der Waals surface area contributed by atoms with Crippen molar-refractivity contribution in [1.29, 1.82) is 0 Å². The molecule has 132 valence electrons. The maximum atomic E-state index is 12.3. The van der Waals surface area contributed by atoms with Gasteiger partial charge in [-0.05, 0) is 18.4 Å². The van der Waals surface area contributed by atoms with Crippen molar-refractivity contribution >= 4 is 11.7 Å². The van der Waals surface area contributed by atoms with Gasteiger partial charge >= 0.3 is 0 Å². The number of aliphatic hydroxyl groups is 1. The van der Waals surface area contributed by atoms with Gasteiger partial charge in [-0.1, -0.05) is 30.3 Å². The fraction of sp³-hybridized carbons (Fsp3) is 0.421. The molecule has 3 rings (SSSR count). The van der Waals surface area contributed by atoms with Gasteiger partial charge in [-0.25, -0.2) is 4.98 Å². The molecule has 0 unspecified atom stereocenters. The van der Waals surface area contributed by atoms with Crippen LogP contribution in [0.15, 0.2) is 48.9 Å². The second kappa shape index (κ2) is 8.58. The van der Waals surface area contributed by atoms with Crippen molar-refractivity contribution in [1.82, 2.24) is 15.3 Å². The van der Waals surface area contributed by atoms with Crippen LogP contribution < -0.4 is 10.2 Å². The van der Waals surface area contributed by atoms with E-state index in [4.69, 9.17) is 0 Å². The molecule has 1 fully saturated rings. The molecule has 1 aromatic heterocycles. The average molecular weight is 340 g/mol. The van der Waals surface area contributed by atoms with Crippen LogP contribution in [0.5, 0.6) is 0 Å². The Kier molecular flexibility index (Phi) is 5.95. The molecule has 2 aromatic rings. The first-order valence-corrected chi connectivity index (χ1v) is 8.73. The van der Waals surface area contributed by atoms with E-state index in [1.54, 1.807) is 18.6 Å². The normalized spacial score (nSPS) is 16.4. The summed E-state index contributed by atoms with van der Waals surface area (Å²) in [4.78, 5) is 22.9. The minimum atomic E-state index is -0.564. The second-order valence-corrected chi connectivity index (χ2v) is 6.41. The highest BCUT2D eigenvalue weighted by Gasteiger charge is 2.25. The molecule has 2 N–H and O–H groups in total. The van der Waals surface area contributed by atoms with E-state index >= 15 is 0 Å². The number of aliphatic hydroxyl groups excluding tert-OH is 1. The maximum absolute atomic E-state index is 12.3. The molecule has 1 atom stereocenters. The number of carbonyl (C=O) groups excluding carboxylic acids is 1. The smallest absolute Gasteiger partial charge is 0.223 e. The zero-order chi connectivity index (χ0) is 17.5. The lowest BCUT2D eigenvalue weighted by atomic mass is 9.96. The van der Waals surface area contributed by atoms with E-state index in [9.17, 15) is 9.90 Å². The first-order chi connectivity index (χ1) is 12.2. The van der Waals surface area contributed by atoms with Crippen molar-refractivity contribution < 1.29 is 9.90 Å². The molecule has 0 spiro atoms. The van der Waals surface area contributed by atoms with E-state index < -0.39 is 6.10 Å². The number of benzene rings is 1. The van der Waals surface area contributed by atoms with Crippen molar-refractivity contribution in [2.75, 3.05) is 24.5 Å². The van der Waals surface area contributed by atoms with E-state index in [1.165, 1.54) is 0 Å². The Bertz CT molecular complexity index is 658. The lowest BCUT2D eigenvalue weighted by molar-refractivity contribution is -0.126. The molecule has 25 heavy (non-hydrogen) atoms. The van der Waals surface area contributed by atoms with Crippen LogP contribution in [0.25, 0.3) is 0 Å². The van der Waals surface area contributed by atoms with Gasteiger partial charge in [-0.2, -0.15) is 0 Å². The summed E-state index contributed by atoms with van der Waals surface area (Å²) in [5.41, 5.74) is 1.07. The van der Waals surface area contributed by atoms with E-state index in [-0.39, 0.29) is 18.4 Å². The first-order valence-electron chi connectivity index (χ1n) is 8.73.